The minimum atomic E-state index is -0.0691. The number of carbonyl (C=O) groups is 1. The maximum atomic E-state index is 12.0. The summed E-state index contributed by atoms with van der Waals surface area (Å²) in [5, 5.41) is 8.89. The summed E-state index contributed by atoms with van der Waals surface area (Å²) in [6.07, 6.45) is 0.794. The average molecular weight is 308 g/mol. The molecule has 0 aliphatic heterocycles. The molecule has 4 nitrogen and oxygen atoms in total. The van der Waals surface area contributed by atoms with E-state index in [2.05, 4.69) is 6.07 Å². The Morgan fingerprint density at radius 3 is 2.61 bits per heavy atom. The van der Waals surface area contributed by atoms with Crippen LogP contribution in [0.2, 0.25) is 0 Å². The molecule has 4 heteroatoms. The van der Waals surface area contributed by atoms with Crippen LogP contribution in [0, 0.1) is 11.3 Å². The van der Waals surface area contributed by atoms with Crippen LogP contribution >= 0.6 is 0 Å². The lowest BCUT2D eigenvalue weighted by atomic mass is 10.1. The van der Waals surface area contributed by atoms with E-state index in [0.29, 0.717) is 18.7 Å². The molecule has 2 aromatic carbocycles. The Bertz CT molecular complexity index is 677. The van der Waals surface area contributed by atoms with Crippen molar-refractivity contribution in [3.63, 3.8) is 0 Å². The molecule has 118 valence electrons. The van der Waals surface area contributed by atoms with Crippen LogP contribution in [0.1, 0.15) is 16.7 Å². The number of rotatable bonds is 7. The van der Waals surface area contributed by atoms with Gasteiger partial charge in [-0.1, -0.05) is 42.5 Å². The highest BCUT2D eigenvalue weighted by Crippen LogP contribution is 2.07. The van der Waals surface area contributed by atoms with Gasteiger partial charge in [0.15, 0.2) is 0 Å². The second-order valence-electron chi connectivity index (χ2n) is 5.35. The minimum absolute atomic E-state index is 0.0691. The Morgan fingerprint density at radius 2 is 1.87 bits per heavy atom. The van der Waals surface area contributed by atoms with Crippen LogP contribution in [-0.2, 0) is 22.5 Å². The third-order valence-corrected chi connectivity index (χ3v) is 3.51. The Hall–Kier alpha value is -2.64. The van der Waals surface area contributed by atoms with Gasteiger partial charge in [0.1, 0.15) is 6.61 Å². The van der Waals surface area contributed by atoms with Gasteiger partial charge in [-0.15, -0.1) is 0 Å². The molecule has 0 saturated carbocycles. The highest BCUT2D eigenvalue weighted by molar-refractivity contribution is 5.77. The van der Waals surface area contributed by atoms with Crippen molar-refractivity contribution in [2.75, 3.05) is 20.3 Å². The molecule has 0 bridgehead atoms. The predicted molar refractivity (Wildman–Crippen MR) is 88.6 cm³/mol. The molecule has 0 atom stereocenters. The van der Waals surface area contributed by atoms with Crippen molar-refractivity contribution in [2.24, 2.45) is 0 Å². The zero-order valence-corrected chi connectivity index (χ0v) is 13.2. The molecule has 0 spiro atoms. The SMILES string of the molecule is CN(Cc1cccc(C#N)c1)C(=O)COCCc1ccccc1. The maximum Gasteiger partial charge on any atom is 0.248 e. The van der Waals surface area contributed by atoms with E-state index in [-0.39, 0.29) is 12.5 Å². The fraction of sp³-hybridized carbons (Fsp3) is 0.263. The molecule has 23 heavy (non-hydrogen) atoms. The smallest absolute Gasteiger partial charge is 0.248 e. The molecule has 0 aliphatic rings. The molecule has 0 aliphatic carbocycles. The molecular weight excluding hydrogens is 288 g/mol. The number of likely N-dealkylation sites (N-methyl/N-ethyl adjacent to an activating group) is 1. The van der Waals surface area contributed by atoms with Gasteiger partial charge in [0, 0.05) is 13.6 Å². The Morgan fingerprint density at radius 1 is 1.13 bits per heavy atom. The maximum absolute atomic E-state index is 12.0. The number of nitrogens with zero attached hydrogens (tertiary/aromatic N) is 2. The number of nitriles is 1. The van der Waals surface area contributed by atoms with Gasteiger partial charge in [0.25, 0.3) is 0 Å². The van der Waals surface area contributed by atoms with Crippen LogP contribution in [0.5, 0.6) is 0 Å². The lowest BCUT2D eigenvalue weighted by Crippen LogP contribution is -2.30. The monoisotopic (exact) mass is 308 g/mol. The second-order valence-corrected chi connectivity index (χ2v) is 5.35. The highest BCUT2D eigenvalue weighted by Gasteiger charge is 2.09. The van der Waals surface area contributed by atoms with E-state index < -0.39 is 0 Å². The summed E-state index contributed by atoms with van der Waals surface area (Å²) in [5.74, 6) is -0.0691. The summed E-state index contributed by atoms with van der Waals surface area (Å²) in [6.45, 7) is 1.06. The number of ether oxygens (including phenoxy) is 1. The summed E-state index contributed by atoms with van der Waals surface area (Å²) in [4.78, 5) is 13.7. The second kappa shape index (κ2) is 8.72. The van der Waals surface area contributed by atoms with Crippen molar-refractivity contribution in [1.29, 1.82) is 5.26 Å². The molecular formula is C19H20N2O2. The summed E-state index contributed by atoms with van der Waals surface area (Å²) >= 11 is 0. The molecule has 2 rings (SSSR count). The Labute approximate surface area is 136 Å². The number of benzene rings is 2. The molecule has 0 unspecified atom stereocenters. The van der Waals surface area contributed by atoms with Gasteiger partial charge in [-0.25, -0.2) is 0 Å². The van der Waals surface area contributed by atoms with E-state index in [1.165, 1.54) is 5.56 Å². The summed E-state index contributed by atoms with van der Waals surface area (Å²) in [6, 6.07) is 19.4. The molecule has 0 fully saturated rings. The normalized spacial score (nSPS) is 10.1. The quantitative estimate of drug-likeness (QED) is 0.739. The standard InChI is InChI=1S/C19H20N2O2/c1-21(14-18-9-5-8-17(12-18)13-20)19(22)15-23-11-10-16-6-3-2-4-7-16/h2-9,12H,10-11,14-15H2,1H3. The molecule has 0 heterocycles. The van der Waals surface area contributed by atoms with Crippen molar-refractivity contribution in [3.8, 4) is 6.07 Å². The lowest BCUT2D eigenvalue weighted by molar-refractivity contribution is -0.135. The fourth-order valence-electron chi connectivity index (χ4n) is 2.21. The first-order valence-electron chi connectivity index (χ1n) is 7.53. The summed E-state index contributed by atoms with van der Waals surface area (Å²) < 4.78 is 5.46. The first kappa shape index (κ1) is 16.7. The van der Waals surface area contributed by atoms with E-state index in [4.69, 9.17) is 10.00 Å². The lowest BCUT2D eigenvalue weighted by Gasteiger charge is -2.17. The van der Waals surface area contributed by atoms with E-state index in [0.717, 1.165) is 12.0 Å². The van der Waals surface area contributed by atoms with Gasteiger partial charge in [0.2, 0.25) is 5.91 Å². The van der Waals surface area contributed by atoms with Crippen molar-refractivity contribution >= 4 is 5.91 Å². The highest BCUT2D eigenvalue weighted by atomic mass is 16.5. The molecule has 2 aromatic rings. The molecule has 0 radical (unpaired) electrons. The van der Waals surface area contributed by atoms with Crippen molar-refractivity contribution in [2.45, 2.75) is 13.0 Å². The number of hydrogen-bond acceptors (Lipinski definition) is 3. The van der Waals surface area contributed by atoms with Gasteiger partial charge in [0.05, 0.1) is 18.2 Å². The largest absolute Gasteiger partial charge is 0.371 e. The first-order valence-corrected chi connectivity index (χ1v) is 7.53. The van der Waals surface area contributed by atoms with Crippen LogP contribution in [-0.4, -0.2) is 31.1 Å². The third kappa shape index (κ3) is 5.57. The topological polar surface area (TPSA) is 53.3 Å². The molecule has 0 saturated heterocycles. The van der Waals surface area contributed by atoms with Gasteiger partial charge < -0.3 is 9.64 Å². The van der Waals surface area contributed by atoms with E-state index >= 15 is 0 Å². The number of hydrogen-bond donors (Lipinski definition) is 0. The van der Waals surface area contributed by atoms with Crippen LogP contribution < -0.4 is 0 Å². The van der Waals surface area contributed by atoms with Gasteiger partial charge in [-0.2, -0.15) is 5.26 Å². The zero-order valence-electron chi connectivity index (χ0n) is 13.2. The van der Waals surface area contributed by atoms with Crippen LogP contribution in [0.15, 0.2) is 54.6 Å². The van der Waals surface area contributed by atoms with E-state index in [1.54, 1.807) is 24.1 Å². The van der Waals surface area contributed by atoms with Crippen LogP contribution in [0.4, 0.5) is 0 Å². The van der Waals surface area contributed by atoms with E-state index in [1.807, 2.05) is 42.5 Å². The van der Waals surface area contributed by atoms with Crippen molar-refractivity contribution < 1.29 is 9.53 Å². The molecule has 1 amide bonds. The zero-order chi connectivity index (χ0) is 16.5. The summed E-state index contributed by atoms with van der Waals surface area (Å²) in [5.41, 5.74) is 2.73. The first-order chi connectivity index (χ1) is 11.2. The number of amides is 1. The van der Waals surface area contributed by atoms with Gasteiger partial charge >= 0.3 is 0 Å². The molecule has 0 aromatic heterocycles. The minimum Gasteiger partial charge on any atom is -0.371 e. The predicted octanol–water partition coefficient (Wildman–Crippen LogP) is 2.78. The average Bonchev–Trinajstić information content (AvgIpc) is 2.59. The van der Waals surface area contributed by atoms with Crippen LogP contribution in [0.25, 0.3) is 0 Å². The van der Waals surface area contributed by atoms with Crippen LogP contribution in [0.3, 0.4) is 0 Å². The number of carbonyl (C=O) groups excluding carboxylic acids is 1. The van der Waals surface area contributed by atoms with E-state index in [9.17, 15) is 4.79 Å². The van der Waals surface area contributed by atoms with Crippen molar-refractivity contribution in [1.82, 2.24) is 4.90 Å². The van der Waals surface area contributed by atoms with Gasteiger partial charge in [-0.05, 0) is 29.7 Å². The molecule has 0 N–H and O–H groups in total. The third-order valence-electron chi connectivity index (χ3n) is 3.51. The van der Waals surface area contributed by atoms with Gasteiger partial charge in [-0.3, -0.25) is 4.79 Å². The fourth-order valence-corrected chi connectivity index (χ4v) is 2.21. The van der Waals surface area contributed by atoms with Crippen molar-refractivity contribution in [3.05, 3.63) is 71.3 Å². The Kier molecular flexibility index (Phi) is 6.34. The Balaban J connectivity index is 1.73. The summed E-state index contributed by atoms with van der Waals surface area (Å²) in [7, 11) is 1.74.